The molecule has 1 aromatic heterocycles. The number of H-pyrrole nitrogens is 1. The van der Waals surface area contributed by atoms with Gasteiger partial charge in [0.25, 0.3) is 10.0 Å². The van der Waals surface area contributed by atoms with E-state index in [2.05, 4.69) is 14.9 Å². The number of aryl methyl sites for hydroxylation is 4. The number of aromatic nitrogens is 2. The molecule has 102 valence electrons. The molecule has 1 aromatic carbocycles. The van der Waals surface area contributed by atoms with Gasteiger partial charge >= 0.3 is 0 Å². The van der Waals surface area contributed by atoms with Crippen LogP contribution in [0.4, 0.5) is 5.69 Å². The summed E-state index contributed by atoms with van der Waals surface area (Å²) in [5.74, 6) is 0. The topological polar surface area (TPSA) is 74.8 Å². The Morgan fingerprint density at radius 1 is 1.16 bits per heavy atom. The minimum atomic E-state index is -3.59. The fourth-order valence-electron chi connectivity index (χ4n) is 1.89. The third-order valence-electron chi connectivity index (χ3n) is 3.00. The average molecular weight is 279 g/mol. The van der Waals surface area contributed by atoms with Gasteiger partial charge in [0, 0.05) is 0 Å². The molecular weight excluding hydrogens is 262 g/mol. The first kappa shape index (κ1) is 13.6. The quantitative estimate of drug-likeness (QED) is 0.906. The fraction of sp³-hybridized carbons (Fsp3) is 0.308. The summed E-state index contributed by atoms with van der Waals surface area (Å²) in [6.45, 7) is 7.18. The molecule has 0 saturated heterocycles. The Morgan fingerprint density at radius 2 is 1.84 bits per heavy atom. The lowest BCUT2D eigenvalue weighted by Crippen LogP contribution is -2.15. The predicted molar refractivity (Wildman–Crippen MR) is 74.8 cm³/mol. The summed E-state index contributed by atoms with van der Waals surface area (Å²) >= 11 is 0. The highest BCUT2D eigenvalue weighted by Crippen LogP contribution is 2.23. The Hall–Kier alpha value is -1.82. The van der Waals surface area contributed by atoms with Crippen LogP contribution in [0.15, 0.2) is 23.1 Å². The molecule has 5 nitrogen and oxygen atoms in total. The van der Waals surface area contributed by atoms with Crippen LogP contribution in [0.3, 0.4) is 0 Å². The number of sulfonamides is 1. The molecule has 1 heterocycles. The second-order valence-electron chi connectivity index (χ2n) is 4.68. The molecule has 0 unspecified atom stereocenters. The minimum absolute atomic E-state index is 0.299. The van der Waals surface area contributed by atoms with Gasteiger partial charge in [0.2, 0.25) is 0 Å². The van der Waals surface area contributed by atoms with E-state index in [0.29, 0.717) is 22.0 Å². The van der Waals surface area contributed by atoms with Crippen LogP contribution in [0, 0.1) is 27.7 Å². The van der Waals surface area contributed by atoms with Gasteiger partial charge in [-0.1, -0.05) is 12.1 Å². The van der Waals surface area contributed by atoms with E-state index in [1.165, 1.54) is 0 Å². The van der Waals surface area contributed by atoms with Crippen LogP contribution in [-0.4, -0.2) is 18.6 Å². The maximum absolute atomic E-state index is 12.4. The van der Waals surface area contributed by atoms with Gasteiger partial charge in [0.05, 0.1) is 22.0 Å². The van der Waals surface area contributed by atoms with Gasteiger partial charge in [-0.2, -0.15) is 5.10 Å². The molecule has 0 spiro atoms. The Bertz CT molecular complexity index is 698. The molecule has 0 saturated carbocycles. The van der Waals surface area contributed by atoms with Crippen molar-refractivity contribution in [2.45, 2.75) is 32.6 Å². The molecule has 2 rings (SSSR count). The van der Waals surface area contributed by atoms with Crippen molar-refractivity contribution in [1.29, 1.82) is 0 Å². The van der Waals surface area contributed by atoms with Gasteiger partial charge in [0.15, 0.2) is 0 Å². The summed E-state index contributed by atoms with van der Waals surface area (Å²) in [6.07, 6.45) is 0. The normalized spacial score (nSPS) is 11.6. The van der Waals surface area contributed by atoms with Gasteiger partial charge < -0.3 is 0 Å². The molecule has 0 fully saturated rings. The number of rotatable bonds is 3. The first-order valence-corrected chi connectivity index (χ1v) is 7.41. The molecule has 0 bridgehead atoms. The highest BCUT2D eigenvalue weighted by Gasteiger charge is 2.20. The van der Waals surface area contributed by atoms with Crippen LogP contribution in [0.5, 0.6) is 0 Å². The van der Waals surface area contributed by atoms with Crippen molar-refractivity contribution in [2.75, 3.05) is 4.72 Å². The molecule has 2 aromatic rings. The highest BCUT2D eigenvalue weighted by molar-refractivity contribution is 7.92. The molecule has 19 heavy (non-hydrogen) atoms. The zero-order chi connectivity index (χ0) is 14.2. The Balaban J connectivity index is 2.47. The first-order valence-electron chi connectivity index (χ1n) is 5.93. The van der Waals surface area contributed by atoms with Crippen molar-refractivity contribution in [1.82, 2.24) is 10.2 Å². The molecule has 0 aliphatic rings. The summed E-state index contributed by atoms with van der Waals surface area (Å²) in [5, 5.41) is 6.74. The van der Waals surface area contributed by atoms with Crippen LogP contribution in [-0.2, 0) is 10.0 Å². The van der Waals surface area contributed by atoms with E-state index < -0.39 is 10.0 Å². The molecule has 0 aliphatic carbocycles. The van der Waals surface area contributed by atoms with E-state index in [-0.39, 0.29) is 0 Å². The number of hydrogen-bond donors (Lipinski definition) is 2. The van der Waals surface area contributed by atoms with Crippen LogP contribution in [0.2, 0.25) is 0 Å². The van der Waals surface area contributed by atoms with E-state index in [0.717, 1.165) is 11.1 Å². The maximum Gasteiger partial charge on any atom is 0.262 e. The average Bonchev–Trinajstić information content (AvgIpc) is 2.63. The summed E-state index contributed by atoms with van der Waals surface area (Å²) in [7, 11) is -3.59. The van der Waals surface area contributed by atoms with Crippen molar-refractivity contribution in [3.8, 4) is 0 Å². The molecule has 2 N–H and O–H groups in total. The van der Waals surface area contributed by atoms with E-state index in [4.69, 9.17) is 0 Å². The zero-order valence-electron chi connectivity index (χ0n) is 11.4. The second kappa shape index (κ2) is 4.70. The molecule has 0 amide bonds. The Morgan fingerprint density at radius 3 is 2.42 bits per heavy atom. The third-order valence-corrected chi connectivity index (χ3v) is 4.49. The van der Waals surface area contributed by atoms with Gasteiger partial charge in [-0.3, -0.25) is 9.82 Å². The number of aromatic amines is 1. The second-order valence-corrected chi connectivity index (χ2v) is 6.33. The number of nitrogens with one attached hydrogen (secondary N) is 2. The molecule has 0 aliphatic heterocycles. The summed E-state index contributed by atoms with van der Waals surface area (Å²) in [4.78, 5) is 0.299. The molecule has 0 radical (unpaired) electrons. The van der Waals surface area contributed by atoms with Crippen molar-refractivity contribution >= 4 is 15.7 Å². The van der Waals surface area contributed by atoms with Gasteiger partial charge in [-0.15, -0.1) is 0 Å². The molecule has 6 heteroatoms. The van der Waals surface area contributed by atoms with E-state index in [1.807, 2.05) is 13.0 Å². The van der Waals surface area contributed by atoms with Crippen molar-refractivity contribution in [3.05, 3.63) is 40.7 Å². The van der Waals surface area contributed by atoms with Crippen LogP contribution in [0.25, 0.3) is 0 Å². The number of nitrogens with zero attached hydrogens (tertiary/aromatic N) is 1. The van der Waals surface area contributed by atoms with E-state index in [1.54, 1.807) is 32.9 Å². The number of hydrogen-bond acceptors (Lipinski definition) is 3. The summed E-state index contributed by atoms with van der Waals surface area (Å²) in [6, 6.07) is 5.37. The smallest absolute Gasteiger partial charge is 0.262 e. The minimum Gasteiger partial charge on any atom is -0.280 e. The predicted octanol–water partition coefficient (Wildman–Crippen LogP) is 2.44. The maximum atomic E-state index is 12.4. The molecule has 0 atom stereocenters. The van der Waals surface area contributed by atoms with Crippen LogP contribution < -0.4 is 4.72 Å². The van der Waals surface area contributed by atoms with Crippen LogP contribution >= 0.6 is 0 Å². The lowest BCUT2D eigenvalue weighted by molar-refractivity contribution is 0.600. The van der Waals surface area contributed by atoms with Gasteiger partial charge in [0.1, 0.15) is 0 Å². The third kappa shape index (κ3) is 2.63. The largest absolute Gasteiger partial charge is 0.280 e. The fourth-order valence-corrected chi connectivity index (χ4v) is 3.40. The summed E-state index contributed by atoms with van der Waals surface area (Å²) in [5.41, 5.74) is 3.47. The van der Waals surface area contributed by atoms with Crippen molar-refractivity contribution in [2.24, 2.45) is 0 Å². The SMILES string of the molecule is Cc1ccc(C)c(S(=O)(=O)Nc2c(C)n[nH]c2C)c1. The highest BCUT2D eigenvalue weighted by atomic mass is 32.2. The Labute approximate surface area is 113 Å². The molecular formula is C13H17N3O2S. The number of anilines is 1. The lowest BCUT2D eigenvalue weighted by Gasteiger charge is -2.11. The van der Waals surface area contributed by atoms with Gasteiger partial charge in [-0.05, 0) is 44.9 Å². The zero-order valence-corrected chi connectivity index (χ0v) is 12.2. The first-order chi connectivity index (χ1) is 8.81. The monoisotopic (exact) mass is 279 g/mol. The van der Waals surface area contributed by atoms with Gasteiger partial charge in [-0.25, -0.2) is 8.42 Å². The summed E-state index contributed by atoms with van der Waals surface area (Å²) < 4.78 is 27.4. The lowest BCUT2D eigenvalue weighted by atomic mass is 10.2. The Kier molecular flexibility index (Phi) is 3.36. The van der Waals surface area contributed by atoms with Crippen molar-refractivity contribution < 1.29 is 8.42 Å². The van der Waals surface area contributed by atoms with E-state index >= 15 is 0 Å². The standard InChI is InChI=1S/C13H17N3O2S/c1-8-5-6-9(2)12(7-8)19(17,18)16-13-10(3)14-15-11(13)4/h5-7,16H,1-4H3,(H,14,15). The number of benzene rings is 1. The van der Waals surface area contributed by atoms with Crippen LogP contribution in [0.1, 0.15) is 22.5 Å². The van der Waals surface area contributed by atoms with E-state index in [9.17, 15) is 8.42 Å². The van der Waals surface area contributed by atoms with Crippen molar-refractivity contribution in [3.63, 3.8) is 0 Å².